The molecule has 123 heavy (non-hydrogen) atoms. The van der Waals surface area contributed by atoms with E-state index in [1.165, 1.54) is 95.8 Å². The van der Waals surface area contributed by atoms with Crippen molar-refractivity contribution in [1.29, 1.82) is 0 Å². The molecule has 0 aliphatic heterocycles. The molecule has 0 N–H and O–H groups in total. The lowest BCUT2D eigenvalue weighted by atomic mass is 9.15. The van der Waals surface area contributed by atoms with Crippen LogP contribution in [0.3, 0.4) is 0 Å². The lowest BCUT2D eigenvalue weighted by Crippen LogP contribution is -2.84. The van der Waals surface area contributed by atoms with Crippen LogP contribution in [0, 0.1) is 216 Å². The second-order valence-electron chi connectivity index (χ2n) is 54.7. The summed E-state index contributed by atoms with van der Waals surface area (Å²) in [6.45, 7) is 0. The van der Waals surface area contributed by atoms with Gasteiger partial charge in [-0.05, 0) is 422 Å². The Balaban J connectivity index is 0.000000215. The van der Waals surface area contributed by atoms with Gasteiger partial charge in [0.2, 0.25) is 0 Å². The maximum atomic E-state index is 1.77. The molecule has 18 bridgehead atoms. The third kappa shape index (κ3) is 16.8. The van der Waals surface area contributed by atoms with Crippen molar-refractivity contribution in [1.82, 2.24) is 0 Å². The molecule has 0 heteroatoms. The van der Waals surface area contributed by atoms with Crippen LogP contribution in [-0.2, 0) is 0 Å². The molecule has 0 amide bonds. The Morgan fingerprint density at radius 3 is 1.23 bits per heavy atom. The minimum atomic E-state index is 0.754. The zero-order valence-electron chi connectivity index (χ0n) is 81.8. The predicted molar refractivity (Wildman–Crippen MR) is 521 cm³/mol. The molecule has 0 saturated heterocycles. The van der Waals surface area contributed by atoms with Crippen LogP contribution in [0.1, 0.15) is 552 Å². The standard InChI is InChI=1S/C88H140.C31H56.C4H8/c1-2-4-8-18-27-63-52-79-77-44-48-85(77)56-65(70-42-43-76(70)85)38-40-67-53-68-57-86-47-23-15-7-11-17-26-60-37-36-59(60)25-16-9-6-10-19-28-64-50-71(83(82(64)86)88(67,68)86)62-35-33-58(49-62)32-34-61-39-41-69(61)72-54-80-81(78-30-21-13-12-20-29-75(63)87(78,79)80)73(72)51-66-55-84(45-22-14-5-3-1)46-24-31-74(66)84;1-2-4-6-8-10-16-30-21-22-31(30)25-29-23-28(24-29)15-12-11-14-27-19-17-26(18-20-27)13-9-7-5-3-1;1-2-4-3-1/h58-83H,1-57H2;26-31H,1-25H2;1-4H2. The van der Waals surface area contributed by atoms with Crippen LogP contribution < -0.4 is 0 Å². The highest BCUT2D eigenvalue weighted by Crippen LogP contribution is 2.94. The van der Waals surface area contributed by atoms with Crippen LogP contribution in [-0.4, -0.2) is 0 Å². The average Bonchev–Trinajstić information content (AvgIpc) is 1.58. The van der Waals surface area contributed by atoms with Crippen molar-refractivity contribution >= 4 is 0 Å². The molecule has 33 unspecified atom stereocenters. The van der Waals surface area contributed by atoms with Gasteiger partial charge in [0.1, 0.15) is 0 Å². The fourth-order valence-corrected chi connectivity index (χ4v) is 44.1. The van der Waals surface area contributed by atoms with E-state index in [1.54, 1.807) is 462 Å². The van der Waals surface area contributed by atoms with E-state index in [1.807, 2.05) is 0 Å². The van der Waals surface area contributed by atoms with Crippen LogP contribution in [0.5, 0.6) is 0 Å². The molecule has 27 fully saturated rings. The number of hydrogen-bond donors (Lipinski definition) is 0. The van der Waals surface area contributed by atoms with Crippen molar-refractivity contribution in [2.45, 2.75) is 552 Å². The molecule has 27 aliphatic rings. The molecule has 5 spiro atoms. The van der Waals surface area contributed by atoms with Gasteiger partial charge in [0, 0.05) is 0 Å². The zero-order valence-corrected chi connectivity index (χ0v) is 81.8. The van der Waals surface area contributed by atoms with Crippen molar-refractivity contribution in [3.8, 4) is 0 Å². The summed E-state index contributed by atoms with van der Waals surface area (Å²) < 4.78 is 0. The third-order valence-corrected chi connectivity index (χ3v) is 50.4. The largest absolute Gasteiger partial charge is 0.0533 e. The quantitative estimate of drug-likeness (QED) is 0.227. The van der Waals surface area contributed by atoms with Crippen LogP contribution in [0.15, 0.2) is 0 Å². The van der Waals surface area contributed by atoms with E-state index in [0.717, 1.165) is 211 Å². The molecule has 696 valence electrons. The SMILES string of the molecule is C1CCC1.C1CCCCCC2CC3C4CCC45CC(CCC4CC6CC78CCCCCCCC9CCC9CCCCCCCC9CC(C%10CCC(CCC%11CCC%11C%11CC%12C(C%11CC%11CC%13(CCCCC1)CCCC%11%13)C1CCCCCCC2C1%123)C%10)C(C97)C468)C1CCC15.C1CCCCCCC2CCC2CC2CC(CCCCC3CCC(CCCCC1)CC3)C2. The van der Waals surface area contributed by atoms with Crippen molar-refractivity contribution in [2.75, 3.05) is 0 Å². The first-order valence-corrected chi connectivity index (χ1v) is 60.9. The molecule has 33 atom stereocenters. The van der Waals surface area contributed by atoms with Gasteiger partial charge in [-0.2, -0.15) is 0 Å². The van der Waals surface area contributed by atoms with Gasteiger partial charge in [0.25, 0.3) is 0 Å². The summed E-state index contributed by atoms with van der Waals surface area (Å²) in [6, 6.07) is 0. The molecule has 27 rings (SSSR count). The van der Waals surface area contributed by atoms with Crippen molar-refractivity contribution < 1.29 is 0 Å². The number of fused-ring (bicyclic) bond motifs is 22. The highest BCUT2D eigenvalue weighted by atomic mass is 14.9. The van der Waals surface area contributed by atoms with Crippen molar-refractivity contribution in [2.24, 2.45) is 216 Å². The molecule has 0 heterocycles. The Labute approximate surface area is 763 Å². The predicted octanol–water partition coefficient (Wildman–Crippen LogP) is 37.5. The number of rotatable bonds is 0. The minimum absolute atomic E-state index is 0.754. The van der Waals surface area contributed by atoms with Gasteiger partial charge < -0.3 is 0 Å². The third-order valence-electron chi connectivity index (χ3n) is 50.4. The van der Waals surface area contributed by atoms with Crippen LogP contribution in [0.4, 0.5) is 0 Å². The Morgan fingerprint density at radius 2 is 0.642 bits per heavy atom. The molecule has 0 aromatic rings. The zero-order chi connectivity index (χ0) is 81.8. The van der Waals surface area contributed by atoms with E-state index >= 15 is 0 Å². The Hall–Kier alpha value is 0. The number of hydrogen-bond acceptors (Lipinski definition) is 0. The summed E-state index contributed by atoms with van der Waals surface area (Å²) >= 11 is 0. The van der Waals surface area contributed by atoms with Gasteiger partial charge in [0.15, 0.2) is 0 Å². The van der Waals surface area contributed by atoms with Crippen LogP contribution in [0.25, 0.3) is 0 Å². The molecule has 0 aromatic carbocycles. The summed E-state index contributed by atoms with van der Waals surface area (Å²) in [4.78, 5) is 0. The first kappa shape index (κ1) is 88.3. The summed E-state index contributed by atoms with van der Waals surface area (Å²) in [7, 11) is 0. The van der Waals surface area contributed by atoms with Crippen LogP contribution >= 0.6 is 0 Å². The van der Waals surface area contributed by atoms with E-state index in [9.17, 15) is 0 Å². The molecule has 0 aromatic heterocycles. The lowest BCUT2D eigenvalue weighted by Gasteiger charge is -2.89. The van der Waals surface area contributed by atoms with Gasteiger partial charge in [-0.15, -0.1) is 0 Å². The highest BCUT2D eigenvalue weighted by Gasteiger charge is 2.89. The second kappa shape index (κ2) is 39.7. The average molecular weight is 1680 g/mol. The first-order valence-electron chi connectivity index (χ1n) is 60.9. The maximum absolute atomic E-state index is 1.77. The van der Waals surface area contributed by atoms with E-state index in [2.05, 4.69) is 0 Å². The van der Waals surface area contributed by atoms with E-state index in [4.69, 9.17) is 0 Å². The molecule has 27 aliphatic carbocycles. The van der Waals surface area contributed by atoms with E-state index in [0.29, 0.717) is 0 Å². The summed E-state index contributed by atoms with van der Waals surface area (Å²) in [5.74, 6) is 36.1. The molecule has 0 radical (unpaired) electrons. The van der Waals surface area contributed by atoms with Crippen molar-refractivity contribution in [3.63, 3.8) is 0 Å². The Kier molecular flexibility index (Phi) is 28.5. The molecular weight excluding hydrogens is 1480 g/mol. The molecule has 27 saturated carbocycles. The lowest BCUT2D eigenvalue weighted by molar-refractivity contribution is -0.415. The summed E-state index contributed by atoms with van der Waals surface area (Å²) in [5.41, 5.74) is 3.94. The van der Waals surface area contributed by atoms with Gasteiger partial charge in [0.05, 0.1) is 0 Å². The van der Waals surface area contributed by atoms with Crippen molar-refractivity contribution in [3.05, 3.63) is 0 Å². The van der Waals surface area contributed by atoms with Gasteiger partial charge >= 0.3 is 0 Å². The molecular formula is C123H204. The smallest absolute Gasteiger partial charge is 0.0147 e. The summed E-state index contributed by atoms with van der Waals surface area (Å²) in [6.07, 6.45) is 138. The van der Waals surface area contributed by atoms with Crippen LogP contribution in [0.2, 0.25) is 0 Å². The fraction of sp³-hybridized carbons (Fsp3) is 1.00. The summed E-state index contributed by atoms with van der Waals surface area (Å²) in [5, 5.41) is 0. The monoisotopic (exact) mass is 1680 g/mol. The van der Waals surface area contributed by atoms with Gasteiger partial charge in [-0.3, -0.25) is 0 Å². The highest BCUT2D eigenvalue weighted by molar-refractivity contribution is 5.36. The normalized spacial score (nSPS) is 52.7. The fourth-order valence-electron chi connectivity index (χ4n) is 44.1. The first-order chi connectivity index (χ1) is 60.9. The maximum Gasteiger partial charge on any atom is -0.0147 e. The van der Waals surface area contributed by atoms with Gasteiger partial charge in [-0.1, -0.05) is 347 Å². The topological polar surface area (TPSA) is 0 Å². The van der Waals surface area contributed by atoms with E-state index < -0.39 is 0 Å². The minimum Gasteiger partial charge on any atom is -0.0533 e. The second-order valence-corrected chi connectivity index (χ2v) is 54.7. The van der Waals surface area contributed by atoms with Gasteiger partial charge in [-0.25, -0.2) is 0 Å². The Bertz CT molecular complexity index is 3250. The molecule has 0 nitrogen and oxygen atoms in total. The van der Waals surface area contributed by atoms with E-state index in [-0.39, 0.29) is 0 Å². The Morgan fingerprint density at radius 1 is 0.163 bits per heavy atom.